The van der Waals surface area contributed by atoms with Crippen LogP contribution in [0.2, 0.25) is 0 Å². The zero-order valence-electron chi connectivity index (χ0n) is 9.02. The Kier molecular flexibility index (Phi) is 12.5. The molecule has 0 aliphatic heterocycles. The molecule has 13 heavy (non-hydrogen) atoms. The maximum atomic E-state index is 9.50. The van der Waals surface area contributed by atoms with Gasteiger partial charge in [-0.15, -0.1) is 0 Å². The molecule has 0 radical (unpaired) electrons. The van der Waals surface area contributed by atoms with Gasteiger partial charge >= 0.3 is 0 Å². The molecule has 1 N–H and O–H groups in total. The van der Waals surface area contributed by atoms with Gasteiger partial charge in [-0.05, 0) is 13.0 Å². The largest absolute Gasteiger partial charge is 0.378 e. The van der Waals surface area contributed by atoms with Crippen molar-refractivity contribution in [2.24, 2.45) is 0 Å². The lowest BCUT2D eigenvalue weighted by molar-refractivity contribution is 0.181. The number of methoxy groups -OCH3 is 1. The third-order valence-corrected chi connectivity index (χ3v) is 1.05. The maximum Gasteiger partial charge on any atom is 0.0902 e. The van der Waals surface area contributed by atoms with E-state index in [0.717, 1.165) is 11.4 Å². The first-order valence-electron chi connectivity index (χ1n) is 4.20. The number of rotatable bonds is 2. The fraction of sp³-hybridized carbons (Fsp3) is 0.667. The Bertz CT molecular complexity index is 189. The monoisotopic (exact) mass is 190 g/mol. The Hall–Kier alpha value is -0.900. The number of aromatic amines is 1. The van der Waals surface area contributed by atoms with Gasteiger partial charge in [0, 0.05) is 12.8 Å². The van der Waals surface area contributed by atoms with Gasteiger partial charge in [0.15, 0.2) is 0 Å². The number of hydrogen-bond acceptors (Lipinski definition) is 2. The molecular formula is C9H19FN2O. The molecule has 0 amide bonds. The Labute approximate surface area is 79.3 Å². The maximum absolute atomic E-state index is 9.50. The van der Waals surface area contributed by atoms with Crippen molar-refractivity contribution in [1.82, 2.24) is 10.2 Å². The van der Waals surface area contributed by atoms with Crippen molar-refractivity contribution >= 4 is 0 Å². The lowest BCUT2D eigenvalue weighted by atomic mass is 10.4. The fourth-order valence-electron chi connectivity index (χ4n) is 0.696. The highest BCUT2D eigenvalue weighted by Gasteiger charge is 1.93. The Morgan fingerprint density at radius 3 is 2.31 bits per heavy atom. The molecule has 0 aliphatic carbocycles. The summed E-state index contributed by atoms with van der Waals surface area (Å²) < 4.78 is 14.4. The molecule has 0 atom stereocenters. The highest BCUT2D eigenvalue weighted by molar-refractivity contribution is 5.04. The minimum atomic E-state index is 0.500. The van der Waals surface area contributed by atoms with E-state index < -0.39 is 0 Å². The predicted molar refractivity (Wildman–Crippen MR) is 52.4 cm³/mol. The van der Waals surface area contributed by atoms with Crippen molar-refractivity contribution in [2.45, 2.75) is 27.4 Å². The van der Waals surface area contributed by atoms with Crippen LogP contribution in [0.3, 0.4) is 0 Å². The zero-order valence-corrected chi connectivity index (χ0v) is 9.02. The number of nitrogens with one attached hydrogen (secondary N) is 1. The lowest BCUT2D eigenvalue weighted by Gasteiger charge is -1.87. The lowest BCUT2D eigenvalue weighted by Crippen LogP contribution is -1.85. The second-order valence-corrected chi connectivity index (χ2v) is 1.98. The fourth-order valence-corrected chi connectivity index (χ4v) is 0.696. The van der Waals surface area contributed by atoms with Gasteiger partial charge < -0.3 is 4.74 Å². The van der Waals surface area contributed by atoms with Gasteiger partial charge in [0.1, 0.15) is 0 Å². The van der Waals surface area contributed by atoms with E-state index in [1.807, 2.05) is 26.8 Å². The Morgan fingerprint density at radius 1 is 1.46 bits per heavy atom. The highest BCUT2D eigenvalue weighted by atomic mass is 19.1. The molecule has 78 valence electrons. The highest BCUT2D eigenvalue weighted by Crippen LogP contribution is 1.97. The van der Waals surface area contributed by atoms with Crippen molar-refractivity contribution in [3.8, 4) is 0 Å². The summed E-state index contributed by atoms with van der Waals surface area (Å²) in [7, 11) is 2.16. The molecule has 0 unspecified atom stereocenters. The van der Waals surface area contributed by atoms with Crippen LogP contribution >= 0.6 is 0 Å². The van der Waals surface area contributed by atoms with Crippen LogP contribution in [-0.2, 0) is 11.3 Å². The molecule has 0 saturated heterocycles. The van der Waals surface area contributed by atoms with Gasteiger partial charge in [-0.2, -0.15) is 5.10 Å². The molecule has 0 aromatic carbocycles. The number of nitrogens with zero attached hydrogens (tertiary/aromatic N) is 1. The Morgan fingerprint density at radius 2 is 2.00 bits per heavy atom. The van der Waals surface area contributed by atoms with E-state index >= 15 is 0 Å². The summed E-state index contributed by atoms with van der Waals surface area (Å²) in [6.45, 7) is 6.55. The molecule has 0 aliphatic rings. The first-order chi connectivity index (χ1) is 6.33. The smallest absolute Gasteiger partial charge is 0.0902 e. The number of hydrogen-bond donors (Lipinski definition) is 1. The van der Waals surface area contributed by atoms with Crippen LogP contribution in [0, 0.1) is 6.92 Å². The number of ether oxygens (including phenoxy) is 1. The topological polar surface area (TPSA) is 37.9 Å². The second-order valence-electron chi connectivity index (χ2n) is 1.98. The molecule has 1 rings (SSSR count). The Balaban J connectivity index is 0. The van der Waals surface area contributed by atoms with E-state index in [-0.39, 0.29) is 0 Å². The van der Waals surface area contributed by atoms with E-state index in [0.29, 0.717) is 13.8 Å². The third kappa shape index (κ3) is 7.46. The standard InChI is InChI=1S/C6H10N2O.C2H6.CH3F/c1-5-3-6(4-9-2)8-7-5;2*1-2/h3H,4H2,1-2H3,(H,7,8);1-2H3;1H3. The van der Waals surface area contributed by atoms with E-state index in [1.165, 1.54) is 0 Å². The quantitative estimate of drug-likeness (QED) is 0.778. The first-order valence-corrected chi connectivity index (χ1v) is 4.20. The average Bonchev–Trinajstić information content (AvgIpc) is 2.59. The van der Waals surface area contributed by atoms with Crippen LogP contribution in [0.4, 0.5) is 4.39 Å². The summed E-state index contributed by atoms with van der Waals surface area (Å²) in [5.74, 6) is 0. The second kappa shape index (κ2) is 11.1. The molecule has 3 nitrogen and oxygen atoms in total. The SMILES string of the molecule is CC.CF.COCc1cc(C)[nH]n1. The van der Waals surface area contributed by atoms with Crippen molar-refractivity contribution in [3.05, 3.63) is 17.5 Å². The van der Waals surface area contributed by atoms with E-state index in [1.54, 1.807) is 7.11 Å². The van der Waals surface area contributed by atoms with Gasteiger partial charge in [0.25, 0.3) is 0 Å². The molecule has 0 spiro atoms. The van der Waals surface area contributed by atoms with Crippen LogP contribution in [0.25, 0.3) is 0 Å². The third-order valence-electron chi connectivity index (χ3n) is 1.05. The van der Waals surface area contributed by atoms with Crippen LogP contribution in [0.15, 0.2) is 6.07 Å². The summed E-state index contributed by atoms with van der Waals surface area (Å²) in [4.78, 5) is 0. The van der Waals surface area contributed by atoms with Gasteiger partial charge in [-0.3, -0.25) is 9.49 Å². The van der Waals surface area contributed by atoms with Crippen LogP contribution in [0.1, 0.15) is 25.2 Å². The number of H-pyrrole nitrogens is 1. The summed E-state index contributed by atoms with van der Waals surface area (Å²) >= 11 is 0. The molecular weight excluding hydrogens is 171 g/mol. The minimum absolute atomic E-state index is 0.500. The molecule has 4 heteroatoms. The zero-order chi connectivity index (χ0) is 10.7. The first kappa shape index (κ1) is 14.6. The molecule has 1 aromatic rings. The molecule has 1 heterocycles. The average molecular weight is 190 g/mol. The minimum Gasteiger partial charge on any atom is -0.378 e. The number of aromatic nitrogens is 2. The summed E-state index contributed by atoms with van der Waals surface area (Å²) in [5.41, 5.74) is 2.03. The van der Waals surface area contributed by atoms with Crippen LogP contribution in [0.5, 0.6) is 0 Å². The number of halogens is 1. The normalized spacial score (nSPS) is 7.85. The number of aryl methyl sites for hydroxylation is 1. The summed E-state index contributed by atoms with van der Waals surface area (Å²) in [6.07, 6.45) is 0. The van der Waals surface area contributed by atoms with Gasteiger partial charge in [-0.25, -0.2) is 0 Å². The van der Waals surface area contributed by atoms with E-state index in [4.69, 9.17) is 4.74 Å². The van der Waals surface area contributed by atoms with Gasteiger partial charge in [0.05, 0.1) is 19.5 Å². The molecule has 0 fully saturated rings. The van der Waals surface area contributed by atoms with Gasteiger partial charge in [-0.1, -0.05) is 13.8 Å². The van der Waals surface area contributed by atoms with E-state index in [9.17, 15) is 4.39 Å². The van der Waals surface area contributed by atoms with Crippen molar-refractivity contribution < 1.29 is 9.13 Å². The van der Waals surface area contributed by atoms with Crippen molar-refractivity contribution in [3.63, 3.8) is 0 Å². The van der Waals surface area contributed by atoms with Crippen molar-refractivity contribution in [1.29, 1.82) is 0 Å². The number of alkyl halides is 1. The molecule has 0 saturated carbocycles. The molecule has 0 bridgehead atoms. The van der Waals surface area contributed by atoms with Crippen LogP contribution < -0.4 is 0 Å². The van der Waals surface area contributed by atoms with Crippen LogP contribution in [-0.4, -0.2) is 24.5 Å². The van der Waals surface area contributed by atoms with Crippen molar-refractivity contribution in [2.75, 3.05) is 14.3 Å². The predicted octanol–water partition coefficient (Wildman–Crippen LogP) is 2.48. The van der Waals surface area contributed by atoms with Gasteiger partial charge in [0.2, 0.25) is 0 Å². The molecule has 1 aromatic heterocycles. The summed E-state index contributed by atoms with van der Waals surface area (Å²) in [6, 6.07) is 1.96. The van der Waals surface area contributed by atoms with E-state index in [2.05, 4.69) is 10.2 Å². The summed E-state index contributed by atoms with van der Waals surface area (Å²) in [5, 5.41) is 6.78.